The molecule has 1 N–H and O–H groups in total. The summed E-state index contributed by atoms with van der Waals surface area (Å²) >= 11 is 0. The van der Waals surface area contributed by atoms with Crippen molar-refractivity contribution in [1.29, 1.82) is 0 Å². The Hall–Kier alpha value is -3.08. The van der Waals surface area contributed by atoms with Crippen LogP contribution in [0.15, 0.2) is 54.6 Å². The number of nitrogens with one attached hydrogen (secondary N) is 1. The smallest absolute Gasteiger partial charge is 0.352 e. The average Bonchev–Trinajstić information content (AvgIpc) is 2.89. The van der Waals surface area contributed by atoms with Gasteiger partial charge >= 0.3 is 6.18 Å². The molecule has 0 bridgehead atoms. The number of nitrogens with zero attached hydrogens (tertiary/aromatic N) is 2. The van der Waals surface area contributed by atoms with Gasteiger partial charge in [0.15, 0.2) is 0 Å². The zero-order chi connectivity index (χ0) is 28.6. The topological polar surface area (TPSA) is 86.8 Å². The number of anilines is 1. The second-order valence-electron chi connectivity index (χ2n) is 10.0. The lowest BCUT2D eigenvalue weighted by Gasteiger charge is -2.31. The maximum absolute atomic E-state index is 13.4. The van der Waals surface area contributed by atoms with Crippen LogP contribution in [-0.2, 0) is 32.3 Å². The van der Waals surface area contributed by atoms with Crippen LogP contribution in [0, 0.1) is 0 Å². The van der Waals surface area contributed by atoms with Crippen LogP contribution in [0.4, 0.5) is 18.9 Å². The summed E-state index contributed by atoms with van der Waals surface area (Å²) in [5, 5.41) is 3.06. The number of sulfonamides is 1. The van der Waals surface area contributed by atoms with Gasteiger partial charge in [0.1, 0.15) is 6.04 Å². The summed E-state index contributed by atoms with van der Waals surface area (Å²) in [7, 11) is -3.92. The minimum absolute atomic E-state index is 0.0599. The molecule has 1 aliphatic carbocycles. The standard InChI is InChI=1S/C28H36F3N3O4S/c1-21(27(36)32-24-14-7-4-8-15-24)33(20-22-11-5-3-6-12-22)26(35)17-10-18-34(39(2,37)38)25-16-9-13-23(19-25)28(29,30)31/h3,5-6,9,11-13,16,19,21,24H,4,7-8,10,14-15,17-18,20H2,1-2H3,(H,32,36). The van der Waals surface area contributed by atoms with Gasteiger partial charge < -0.3 is 10.2 Å². The largest absolute Gasteiger partial charge is 0.416 e. The second-order valence-corrected chi connectivity index (χ2v) is 11.9. The first-order valence-corrected chi connectivity index (χ1v) is 15.0. The number of hydrogen-bond acceptors (Lipinski definition) is 4. The molecule has 0 heterocycles. The van der Waals surface area contributed by atoms with Crippen LogP contribution in [-0.4, -0.2) is 50.0 Å². The molecule has 0 spiro atoms. The van der Waals surface area contributed by atoms with Gasteiger partial charge in [-0.15, -0.1) is 0 Å². The van der Waals surface area contributed by atoms with Crippen LogP contribution in [0.3, 0.4) is 0 Å². The highest BCUT2D eigenvalue weighted by Crippen LogP contribution is 2.32. The third-order valence-corrected chi connectivity index (χ3v) is 8.12. The molecule has 0 aromatic heterocycles. The molecule has 2 amide bonds. The molecule has 214 valence electrons. The van der Waals surface area contributed by atoms with Gasteiger partial charge in [-0.3, -0.25) is 13.9 Å². The Kier molecular flexibility index (Phi) is 10.4. The van der Waals surface area contributed by atoms with Crippen molar-refractivity contribution in [3.05, 3.63) is 65.7 Å². The summed E-state index contributed by atoms with van der Waals surface area (Å²) < 4.78 is 65.3. The molecule has 0 saturated heterocycles. The van der Waals surface area contributed by atoms with Crippen molar-refractivity contribution >= 4 is 27.5 Å². The molecular weight excluding hydrogens is 531 g/mol. The fourth-order valence-corrected chi connectivity index (χ4v) is 5.73. The summed E-state index contributed by atoms with van der Waals surface area (Å²) in [4.78, 5) is 27.9. The van der Waals surface area contributed by atoms with Gasteiger partial charge in [0.25, 0.3) is 0 Å². The van der Waals surface area contributed by atoms with Crippen LogP contribution >= 0.6 is 0 Å². The molecule has 11 heteroatoms. The maximum Gasteiger partial charge on any atom is 0.416 e. The quantitative estimate of drug-likeness (QED) is 0.409. The number of carbonyl (C=O) groups excluding carboxylic acids is 2. The van der Waals surface area contributed by atoms with Crippen molar-refractivity contribution in [2.45, 2.75) is 76.7 Å². The lowest BCUT2D eigenvalue weighted by molar-refractivity contribution is -0.141. The number of alkyl halides is 3. The minimum atomic E-state index is -4.62. The lowest BCUT2D eigenvalue weighted by Crippen LogP contribution is -2.50. The molecule has 2 aromatic rings. The maximum atomic E-state index is 13.4. The second kappa shape index (κ2) is 13.3. The minimum Gasteiger partial charge on any atom is -0.352 e. The van der Waals surface area contributed by atoms with Gasteiger partial charge in [-0.25, -0.2) is 8.42 Å². The Labute approximate surface area is 228 Å². The molecule has 0 radical (unpaired) electrons. The Morgan fingerprint density at radius 2 is 1.69 bits per heavy atom. The van der Waals surface area contributed by atoms with Crippen LogP contribution in [0.5, 0.6) is 0 Å². The number of rotatable bonds is 11. The van der Waals surface area contributed by atoms with Crippen LogP contribution in [0.1, 0.15) is 63.0 Å². The zero-order valence-corrected chi connectivity index (χ0v) is 23.1. The van der Waals surface area contributed by atoms with E-state index in [-0.39, 0.29) is 49.5 Å². The highest BCUT2D eigenvalue weighted by Gasteiger charge is 2.32. The van der Waals surface area contributed by atoms with E-state index < -0.39 is 27.8 Å². The molecule has 3 rings (SSSR count). The third kappa shape index (κ3) is 8.98. The first-order chi connectivity index (χ1) is 18.4. The highest BCUT2D eigenvalue weighted by atomic mass is 32.2. The summed E-state index contributed by atoms with van der Waals surface area (Å²) in [5.41, 5.74) is -0.248. The van der Waals surface area contributed by atoms with Crippen molar-refractivity contribution < 1.29 is 31.2 Å². The van der Waals surface area contributed by atoms with Gasteiger partial charge in [0.05, 0.1) is 17.5 Å². The molecule has 1 unspecified atom stereocenters. The first kappa shape index (κ1) is 30.5. The monoisotopic (exact) mass is 567 g/mol. The summed E-state index contributed by atoms with van der Waals surface area (Å²) in [6, 6.07) is 12.6. The van der Waals surface area contributed by atoms with Crippen molar-refractivity contribution in [1.82, 2.24) is 10.2 Å². The van der Waals surface area contributed by atoms with Crippen molar-refractivity contribution in [3.8, 4) is 0 Å². The molecule has 0 aliphatic heterocycles. The molecule has 7 nitrogen and oxygen atoms in total. The normalized spacial score (nSPS) is 15.4. The summed E-state index contributed by atoms with van der Waals surface area (Å²) in [6.45, 7) is 1.68. The average molecular weight is 568 g/mol. The van der Waals surface area contributed by atoms with E-state index in [1.807, 2.05) is 30.3 Å². The number of benzene rings is 2. The molecule has 39 heavy (non-hydrogen) atoms. The molecule has 2 aromatic carbocycles. The summed E-state index contributed by atoms with van der Waals surface area (Å²) in [5.74, 6) is -0.587. The fourth-order valence-electron chi connectivity index (χ4n) is 4.77. The van der Waals surface area contributed by atoms with E-state index in [0.29, 0.717) is 0 Å². The molecule has 1 atom stereocenters. The van der Waals surface area contributed by atoms with E-state index in [4.69, 9.17) is 0 Å². The van der Waals surface area contributed by atoms with Crippen LogP contribution < -0.4 is 9.62 Å². The highest BCUT2D eigenvalue weighted by molar-refractivity contribution is 7.92. The van der Waals surface area contributed by atoms with E-state index in [1.165, 1.54) is 11.0 Å². The first-order valence-electron chi connectivity index (χ1n) is 13.1. The number of halogens is 3. The Morgan fingerprint density at radius 3 is 2.31 bits per heavy atom. The Bertz CT molecular complexity index is 1220. The van der Waals surface area contributed by atoms with E-state index in [1.54, 1.807) is 6.92 Å². The third-order valence-electron chi connectivity index (χ3n) is 6.93. The predicted octanol–water partition coefficient (Wildman–Crippen LogP) is 5.12. The van der Waals surface area contributed by atoms with Gasteiger partial charge in [-0.1, -0.05) is 55.7 Å². The number of carbonyl (C=O) groups is 2. The van der Waals surface area contributed by atoms with Crippen LogP contribution in [0.25, 0.3) is 0 Å². The van der Waals surface area contributed by atoms with Gasteiger partial charge in [-0.05, 0) is 49.9 Å². The van der Waals surface area contributed by atoms with Crippen molar-refractivity contribution in [2.75, 3.05) is 17.1 Å². The lowest BCUT2D eigenvalue weighted by atomic mass is 9.95. The fraction of sp³-hybridized carbons (Fsp3) is 0.500. The Morgan fingerprint density at radius 1 is 1.03 bits per heavy atom. The van der Waals surface area contributed by atoms with E-state index >= 15 is 0 Å². The predicted molar refractivity (Wildman–Crippen MR) is 144 cm³/mol. The van der Waals surface area contributed by atoms with Crippen LogP contribution in [0.2, 0.25) is 0 Å². The van der Waals surface area contributed by atoms with E-state index in [0.717, 1.165) is 66.4 Å². The number of hydrogen-bond donors (Lipinski definition) is 1. The van der Waals surface area contributed by atoms with Crippen molar-refractivity contribution in [2.24, 2.45) is 0 Å². The van der Waals surface area contributed by atoms with Gasteiger partial charge in [-0.2, -0.15) is 13.2 Å². The van der Waals surface area contributed by atoms with Gasteiger partial charge in [0, 0.05) is 25.6 Å². The van der Waals surface area contributed by atoms with Crippen molar-refractivity contribution in [3.63, 3.8) is 0 Å². The Balaban J connectivity index is 1.72. The summed E-state index contributed by atoms with van der Waals surface area (Å²) in [6.07, 6.45) is 1.32. The SMILES string of the molecule is CC(C(=O)NC1CCCCC1)N(Cc1ccccc1)C(=O)CCCN(c1cccc(C(F)(F)F)c1)S(C)(=O)=O. The molecule has 1 saturated carbocycles. The van der Waals surface area contributed by atoms with Gasteiger partial charge in [0.2, 0.25) is 21.8 Å². The number of amides is 2. The molecule has 1 fully saturated rings. The zero-order valence-electron chi connectivity index (χ0n) is 22.3. The van der Waals surface area contributed by atoms with E-state index in [2.05, 4.69) is 5.32 Å². The van der Waals surface area contributed by atoms with E-state index in [9.17, 15) is 31.2 Å². The molecular formula is C28H36F3N3O4S. The molecule has 1 aliphatic rings.